The van der Waals surface area contributed by atoms with Gasteiger partial charge < -0.3 is 19.5 Å². The van der Waals surface area contributed by atoms with E-state index in [-0.39, 0.29) is 5.91 Å². The number of methoxy groups -OCH3 is 1. The summed E-state index contributed by atoms with van der Waals surface area (Å²) in [5.74, 6) is 2.59. The van der Waals surface area contributed by atoms with Crippen molar-refractivity contribution >= 4 is 33.4 Å². The van der Waals surface area contributed by atoms with E-state index in [0.717, 1.165) is 39.9 Å². The standard InChI is InChI=1S/C25H23BrClNO4/c1-30-22-14-19(26)7-4-16(22)10-11-28-25(29)17-5-8-20(9-6-17)32-24-15-23-18(13-21(24)27)3-2-12-31-23/h4-9,13-15H,2-3,10-12H2,1H3,(H,28,29). The molecule has 0 radical (unpaired) electrons. The molecule has 3 aromatic rings. The summed E-state index contributed by atoms with van der Waals surface area (Å²) in [5, 5.41) is 3.48. The highest BCUT2D eigenvalue weighted by molar-refractivity contribution is 9.10. The summed E-state index contributed by atoms with van der Waals surface area (Å²) in [6.45, 7) is 1.20. The van der Waals surface area contributed by atoms with Crippen molar-refractivity contribution < 1.29 is 19.0 Å². The number of halogens is 2. The fourth-order valence-electron chi connectivity index (χ4n) is 3.57. The molecule has 0 saturated carbocycles. The van der Waals surface area contributed by atoms with E-state index in [9.17, 15) is 4.79 Å². The number of carbonyl (C=O) groups excluding carboxylic acids is 1. The van der Waals surface area contributed by atoms with Crippen LogP contribution in [0.5, 0.6) is 23.0 Å². The zero-order valence-corrected chi connectivity index (χ0v) is 20.0. The quantitative estimate of drug-likeness (QED) is 0.406. The third kappa shape index (κ3) is 5.37. The van der Waals surface area contributed by atoms with E-state index in [4.69, 9.17) is 25.8 Å². The minimum absolute atomic E-state index is 0.146. The Bertz CT molecular complexity index is 1120. The number of hydrogen-bond donors (Lipinski definition) is 1. The Morgan fingerprint density at radius 1 is 1.12 bits per heavy atom. The predicted molar refractivity (Wildman–Crippen MR) is 129 cm³/mol. The molecule has 1 heterocycles. The number of nitrogens with one attached hydrogen (secondary N) is 1. The van der Waals surface area contributed by atoms with Gasteiger partial charge in [0.1, 0.15) is 23.0 Å². The van der Waals surface area contributed by atoms with E-state index in [2.05, 4.69) is 21.2 Å². The number of aryl methyl sites for hydroxylation is 1. The van der Waals surface area contributed by atoms with Crippen LogP contribution in [0.3, 0.4) is 0 Å². The Labute approximate surface area is 200 Å². The van der Waals surface area contributed by atoms with Gasteiger partial charge in [0.2, 0.25) is 0 Å². The zero-order valence-electron chi connectivity index (χ0n) is 17.6. The van der Waals surface area contributed by atoms with Gasteiger partial charge in [0.15, 0.2) is 0 Å². The van der Waals surface area contributed by atoms with Crippen molar-refractivity contribution in [2.45, 2.75) is 19.3 Å². The number of rotatable bonds is 7. The largest absolute Gasteiger partial charge is 0.496 e. The fourth-order valence-corrected chi connectivity index (χ4v) is 4.13. The van der Waals surface area contributed by atoms with Gasteiger partial charge >= 0.3 is 0 Å². The van der Waals surface area contributed by atoms with Gasteiger partial charge in [-0.1, -0.05) is 33.6 Å². The molecule has 7 heteroatoms. The number of amides is 1. The van der Waals surface area contributed by atoms with Crippen LogP contribution in [0.25, 0.3) is 0 Å². The molecule has 3 aromatic carbocycles. The number of carbonyl (C=O) groups is 1. The molecule has 1 aliphatic heterocycles. The lowest BCUT2D eigenvalue weighted by Crippen LogP contribution is -2.25. The summed E-state index contributed by atoms with van der Waals surface area (Å²) in [6.07, 6.45) is 2.61. The molecule has 1 N–H and O–H groups in total. The Balaban J connectivity index is 1.35. The van der Waals surface area contributed by atoms with Gasteiger partial charge in [0.25, 0.3) is 5.91 Å². The second-order valence-corrected chi connectivity index (χ2v) is 8.75. The average Bonchev–Trinajstić information content (AvgIpc) is 2.80. The van der Waals surface area contributed by atoms with E-state index in [1.54, 1.807) is 31.4 Å². The summed E-state index contributed by atoms with van der Waals surface area (Å²) >= 11 is 9.81. The van der Waals surface area contributed by atoms with Crippen molar-refractivity contribution in [3.05, 3.63) is 80.8 Å². The third-order valence-electron chi connectivity index (χ3n) is 5.24. The zero-order chi connectivity index (χ0) is 22.5. The van der Waals surface area contributed by atoms with Gasteiger partial charge in [-0.15, -0.1) is 0 Å². The van der Waals surface area contributed by atoms with Crippen molar-refractivity contribution in [3.8, 4) is 23.0 Å². The summed E-state index contributed by atoms with van der Waals surface area (Å²) in [7, 11) is 1.64. The lowest BCUT2D eigenvalue weighted by molar-refractivity contribution is 0.0954. The molecular formula is C25H23BrClNO4. The fraction of sp³-hybridized carbons (Fsp3) is 0.240. The lowest BCUT2D eigenvalue weighted by Gasteiger charge is -2.19. The Morgan fingerprint density at radius 2 is 1.94 bits per heavy atom. The molecule has 0 unspecified atom stereocenters. The van der Waals surface area contributed by atoms with Crippen LogP contribution in [0.15, 0.2) is 59.1 Å². The van der Waals surface area contributed by atoms with Crippen molar-refractivity contribution in [2.24, 2.45) is 0 Å². The van der Waals surface area contributed by atoms with Crippen LogP contribution in [0.1, 0.15) is 27.9 Å². The Morgan fingerprint density at radius 3 is 2.72 bits per heavy atom. The van der Waals surface area contributed by atoms with E-state index in [1.807, 2.05) is 30.3 Å². The van der Waals surface area contributed by atoms with Gasteiger partial charge in [-0.05, 0) is 72.9 Å². The minimum atomic E-state index is -0.146. The molecular weight excluding hydrogens is 494 g/mol. The minimum Gasteiger partial charge on any atom is -0.496 e. The highest BCUT2D eigenvalue weighted by atomic mass is 79.9. The van der Waals surface area contributed by atoms with Gasteiger partial charge in [0, 0.05) is 22.6 Å². The molecule has 166 valence electrons. The van der Waals surface area contributed by atoms with Gasteiger partial charge in [-0.25, -0.2) is 0 Å². The number of fused-ring (bicyclic) bond motifs is 1. The molecule has 1 amide bonds. The van der Waals surface area contributed by atoms with Crippen molar-refractivity contribution in [3.63, 3.8) is 0 Å². The van der Waals surface area contributed by atoms with Crippen LogP contribution < -0.4 is 19.5 Å². The van der Waals surface area contributed by atoms with Gasteiger partial charge in [-0.3, -0.25) is 4.79 Å². The van der Waals surface area contributed by atoms with E-state index < -0.39 is 0 Å². The van der Waals surface area contributed by atoms with Crippen molar-refractivity contribution in [1.29, 1.82) is 0 Å². The smallest absolute Gasteiger partial charge is 0.251 e. The van der Waals surface area contributed by atoms with Gasteiger partial charge in [-0.2, -0.15) is 0 Å². The van der Waals surface area contributed by atoms with Crippen LogP contribution in [0, 0.1) is 0 Å². The molecule has 4 rings (SSSR count). The normalized spacial score (nSPS) is 12.5. The first-order valence-electron chi connectivity index (χ1n) is 10.4. The molecule has 0 saturated heterocycles. The maximum absolute atomic E-state index is 12.5. The maximum atomic E-state index is 12.5. The number of ether oxygens (including phenoxy) is 3. The Hall–Kier alpha value is -2.70. The first kappa shape index (κ1) is 22.5. The second-order valence-electron chi connectivity index (χ2n) is 7.43. The third-order valence-corrected chi connectivity index (χ3v) is 6.02. The molecule has 0 bridgehead atoms. The first-order chi connectivity index (χ1) is 15.5. The van der Waals surface area contributed by atoms with Crippen LogP contribution in [0.2, 0.25) is 5.02 Å². The summed E-state index contributed by atoms with van der Waals surface area (Å²) < 4.78 is 18.0. The molecule has 32 heavy (non-hydrogen) atoms. The first-order valence-corrected chi connectivity index (χ1v) is 11.5. The topological polar surface area (TPSA) is 56.8 Å². The maximum Gasteiger partial charge on any atom is 0.251 e. The van der Waals surface area contributed by atoms with E-state index >= 15 is 0 Å². The highest BCUT2D eigenvalue weighted by Crippen LogP contribution is 2.37. The molecule has 0 aromatic heterocycles. The highest BCUT2D eigenvalue weighted by Gasteiger charge is 2.15. The van der Waals surface area contributed by atoms with Crippen LogP contribution >= 0.6 is 27.5 Å². The molecule has 5 nitrogen and oxygen atoms in total. The SMILES string of the molecule is COc1cc(Br)ccc1CCNC(=O)c1ccc(Oc2cc3c(cc2Cl)CCCO3)cc1. The van der Waals surface area contributed by atoms with E-state index in [0.29, 0.717) is 41.7 Å². The monoisotopic (exact) mass is 515 g/mol. The lowest BCUT2D eigenvalue weighted by atomic mass is 10.1. The van der Waals surface area contributed by atoms with Crippen LogP contribution in [0.4, 0.5) is 0 Å². The molecule has 1 aliphatic rings. The molecule has 0 fully saturated rings. The van der Waals surface area contributed by atoms with Gasteiger partial charge in [0.05, 0.1) is 18.7 Å². The second kappa shape index (κ2) is 10.3. The molecule has 0 atom stereocenters. The van der Waals surface area contributed by atoms with E-state index in [1.165, 1.54) is 0 Å². The number of benzene rings is 3. The molecule has 0 aliphatic carbocycles. The predicted octanol–water partition coefficient (Wildman–Crippen LogP) is 6.20. The van der Waals surface area contributed by atoms with Crippen LogP contribution in [-0.2, 0) is 12.8 Å². The summed E-state index contributed by atoms with van der Waals surface area (Å²) in [6, 6.07) is 16.5. The summed E-state index contributed by atoms with van der Waals surface area (Å²) in [5.41, 5.74) is 2.69. The molecule has 0 spiro atoms. The summed E-state index contributed by atoms with van der Waals surface area (Å²) in [4.78, 5) is 12.5. The van der Waals surface area contributed by atoms with Crippen LogP contribution in [-0.4, -0.2) is 26.2 Å². The Kier molecular flexibility index (Phi) is 7.22. The van der Waals surface area contributed by atoms with Crippen molar-refractivity contribution in [2.75, 3.05) is 20.3 Å². The van der Waals surface area contributed by atoms with Crippen molar-refractivity contribution in [1.82, 2.24) is 5.32 Å². The number of hydrogen-bond acceptors (Lipinski definition) is 4. The average molecular weight is 517 g/mol.